The number of aromatic nitrogens is 1. The monoisotopic (exact) mass is 273 g/mol. The van der Waals surface area contributed by atoms with E-state index < -0.39 is 0 Å². The van der Waals surface area contributed by atoms with Crippen molar-refractivity contribution in [3.63, 3.8) is 0 Å². The Balaban J connectivity index is 1.46. The van der Waals surface area contributed by atoms with Gasteiger partial charge in [-0.25, -0.2) is 0 Å². The standard InChI is InChI=1S/C15H19N3O2/c16-12-8-15(12)6-9(7-15)17-13(19)11-2-1-5-18(14(11)20)10-3-4-10/h1-2,5,9-10,12H,3-4,6-8,16H2,(H,17,19). The lowest BCUT2D eigenvalue weighted by Gasteiger charge is -2.36. The Hall–Kier alpha value is -1.62. The van der Waals surface area contributed by atoms with E-state index in [0.29, 0.717) is 17.5 Å². The van der Waals surface area contributed by atoms with E-state index in [1.165, 1.54) is 0 Å². The summed E-state index contributed by atoms with van der Waals surface area (Å²) in [6.45, 7) is 0. The number of rotatable bonds is 3. The van der Waals surface area contributed by atoms with E-state index in [1.807, 2.05) is 0 Å². The topological polar surface area (TPSA) is 77.1 Å². The quantitative estimate of drug-likeness (QED) is 0.855. The molecule has 1 aromatic heterocycles. The molecular weight excluding hydrogens is 254 g/mol. The Bertz CT molecular complexity index is 626. The molecule has 1 aromatic rings. The molecule has 1 heterocycles. The first-order chi connectivity index (χ1) is 9.59. The molecule has 1 unspecified atom stereocenters. The molecule has 5 nitrogen and oxygen atoms in total. The first kappa shape index (κ1) is 12.1. The molecule has 0 bridgehead atoms. The van der Waals surface area contributed by atoms with Gasteiger partial charge >= 0.3 is 0 Å². The largest absolute Gasteiger partial charge is 0.349 e. The minimum atomic E-state index is -0.237. The van der Waals surface area contributed by atoms with Crippen LogP contribution in [0.1, 0.15) is 48.5 Å². The average molecular weight is 273 g/mol. The van der Waals surface area contributed by atoms with E-state index in [9.17, 15) is 9.59 Å². The molecule has 3 fully saturated rings. The molecule has 3 aliphatic rings. The highest BCUT2D eigenvalue weighted by Gasteiger charge is 2.60. The third-order valence-corrected chi connectivity index (χ3v) is 5.05. The van der Waals surface area contributed by atoms with Crippen LogP contribution in [0.25, 0.3) is 0 Å². The smallest absolute Gasteiger partial charge is 0.263 e. The minimum Gasteiger partial charge on any atom is -0.349 e. The van der Waals surface area contributed by atoms with Crippen LogP contribution < -0.4 is 16.6 Å². The molecule has 3 saturated carbocycles. The molecule has 3 aliphatic carbocycles. The summed E-state index contributed by atoms with van der Waals surface area (Å²) in [5.74, 6) is -0.237. The molecule has 20 heavy (non-hydrogen) atoms. The van der Waals surface area contributed by atoms with Crippen LogP contribution in [0.2, 0.25) is 0 Å². The average Bonchev–Trinajstić information content (AvgIpc) is 3.26. The van der Waals surface area contributed by atoms with E-state index in [0.717, 1.165) is 32.1 Å². The van der Waals surface area contributed by atoms with Crippen LogP contribution in [0.4, 0.5) is 0 Å². The first-order valence-electron chi connectivity index (χ1n) is 7.37. The van der Waals surface area contributed by atoms with Gasteiger partial charge in [-0.1, -0.05) is 0 Å². The van der Waals surface area contributed by atoms with Crippen molar-refractivity contribution in [2.75, 3.05) is 0 Å². The van der Waals surface area contributed by atoms with Crippen molar-refractivity contribution in [1.29, 1.82) is 0 Å². The summed E-state index contributed by atoms with van der Waals surface area (Å²) in [6.07, 6.45) is 6.85. The summed E-state index contributed by atoms with van der Waals surface area (Å²) >= 11 is 0. The van der Waals surface area contributed by atoms with Gasteiger partial charge in [-0.2, -0.15) is 0 Å². The number of nitrogens with zero attached hydrogens (tertiary/aromatic N) is 1. The van der Waals surface area contributed by atoms with Gasteiger partial charge in [0, 0.05) is 24.3 Å². The van der Waals surface area contributed by atoms with Crippen molar-refractivity contribution in [2.24, 2.45) is 11.1 Å². The highest BCUT2D eigenvalue weighted by molar-refractivity contribution is 5.94. The molecule has 4 rings (SSSR count). The van der Waals surface area contributed by atoms with Crippen LogP contribution >= 0.6 is 0 Å². The fourth-order valence-electron chi connectivity index (χ4n) is 3.46. The van der Waals surface area contributed by atoms with Crippen LogP contribution in [0.5, 0.6) is 0 Å². The Morgan fingerprint density at radius 1 is 1.35 bits per heavy atom. The Morgan fingerprint density at radius 2 is 2.05 bits per heavy atom. The lowest BCUT2D eigenvalue weighted by Crippen LogP contribution is -2.48. The summed E-state index contributed by atoms with van der Waals surface area (Å²) in [5, 5.41) is 2.97. The highest BCUT2D eigenvalue weighted by atomic mass is 16.2. The lowest BCUT2D eigenvalue weighted by atomic mass is 9.76. The normalized spacial score (nSPS) is 34.6. The second-order valence-corrected chi connectivity index (χ2v) is 6.62. The summed E-state index contributed by atoms with van der Waals surface area (Å²) < 4.78 is 1.69. The van der Waals surface area contributed by atoms with Crippen molar-refractivity contribution in [2.45, 2.75) is 50.2 Å². The number of amides is 1. The summed E-state index contributed by atoms with van der Waals surface area (Å²) in [6, 6.07) is 4.21. The Kier molecular flexibility index (Phi) is 2.40. The zero-order valence-corrected chi connectivity index (χ0v) is 11.3. The molecule has 5 heteroatoms. The van der Waals surface area contributed by atoms with Crippen LogP contribution in [0, 0.1) is 5.41 Å². The van der Waals surface area contributed by atoms with E-state index >= 15 is 0 Å². The van der Waals surface area contributed by atoms with Gasteiger partial charge in [0.1, 0.15) is 5.56 Å². The van der Waals surface area contributed by atoms with Gasteiger partial charge in [-0.3, -0.25) is 9.59 Å². The summed E-state index contributed by atoms with van der Waals surface area (Å²) in [4.78, 5) is 24.5. The zero-order valence-electron chi connectivity index (χ0n) is 11.3. The molecule has 0 radical (unpaired) electrons. The molecule has 1 spiro atoms. The molecule has 0 aliphatic heterocycles. The van der Waals surface area contributed by atoms with E-state index in [1.54, 1.807) is 22.9 Å². The molecule has 0 aromatic carbocycles. The molecule has 3 N–H and O–H groups in total. The number of hydrogen-bond acceptors (Lipinski definition) is 3. The molecule has 106 valence electrons. The van der Waals surface area contributed by atoms with Crippen molar-refractivity contribution in [3.05, 3.63) is 34.2 Å². The summed E-state index contributed by atoms with van der Waals surface area (Å²) in [5.41, 5.74) is 6.30. The van der Waals surface area contributed by atoms with E-state index in [-0.39, 0.29) is 23.1 Å². The second-order valence-electron chi connectivity index (χ2n) is 6.62. The van der Waals surface area contributed by atoms with Crippen LogP contribution in [0.3, 0.4) is 0 Å². The Labute approximate surface area is 117 Å². The second kappa shape index (κ2) is 3.95. The number of nitrogens with one attached hydrogen (secondary N) is 1. The molecular formula is C15H19N3O2. The third-order valence-electron chi connectivity index (χ3n) is 5.05. The van der Waals surface area contributed by atoms with Gasteiger partial charge < -0.3 is 15.6 Å². The zero-order chi connectivity index (χ0) is 13.9. The van der Waals surface area contributed by atoms with Crippen molar-refractivity contribution in [1.82, 2.24) is 9.88 Å². The predicted octanol–water partition coefficient (Wildman–Crippen LogP) is 0.793. The maximum Gasteiger partial charge on any atom is 0.263 e. The lowest BCUT2D eigenvalue weighted by molar-refractivity contribution is 0.0871. The van der Waals surface area contributed by atoms with Crippen molar-refractivity contribution < 1.29 is 4.79 Å². The fourth-order valence-corrected chi connectivity index (χ4v) is 3.46. The highest BCUT2D eigenvalue weighted by Crippen LogP contribution is 2.59. The SMILES string of the molecule is NC1CC12CC(NC(=O)c1cccn(C3CC3)c1=O)C2. The van der Waals surface area contributed by atoms with E-state index in [2.05, 4.69) is 5.32 Å². The minimum absolute atomic E-state index is 0.162. The van der Waals surface area contributed by atoms with Gasteiger partial charge in [0.05, 0.1) is 0 Å². The molecule has 1 atom stereocenters. The summed E-state index contributed by atoms with van der Waals surface area (Å²) in [7, 11) is 0. The fraction of sp³-hybridized carbons (Fsp3) is 0.600. The van der Waals surface area contributed by atoms with Gasteiger partial charge in [0.15, 0.2) is 0 Å². The molecule has 0 saturated heterocycles. The van der Waals surface area contributed by atoms with Crippen molar-refractivity contribution in [3.8, 4) is 0 Å². The van der Waals surface area contributed by atoms with Gasteiger partial charge in [-0.05, 0) is 49.7 Å². The molecule has 1 amide bonds. The van der Waals surface area contributed by atoms with Crippen LogP contribution in [-0.4, -0.2) is 22.6 Å². The van der Waals surface area contributed by atoms with Gasteiger partial charge in [0.25, 0.3) is 11.5 Å². The van der Waals surface area contributed by atoms with E-state index in [4.69, 9.17) is 5.73 Å². The predicted molar refractivity (Wildman–Crippen MR) is 74.5 cm³/mol. The Morgan fingerprint density at radius 3 is 2.65 bits per heavy atom. The number of pyridine rings is 1. The number of nitrogens with two attached hydrogens (primary N) is 1. The first-order valence-corrected chi connectivity index (χ1v) is 7.37. The number of hydrogen-bond donors (Lipinski definition) is 2. The maximum atomic E-state index is 12.3. The van der Waals surface area contributed by atoms with Gasteiger partial charge in [-0.15, -0.1) is 0 Å². The maximum absolute atomic E-state index is 12.3. The van der Waals surface area contributed by atoms with Crippen LogP contribution in [-0.2, 0) is 0 Å². The van der Waals surface area contributed by atoms with Crippen LogP contribution in [0.15, 0.2) is 23.1 Å². The third kappa shape index (κ3) is 1.80. The van der Waals surface area contributed by atoms with Gasteiger partial charge in [0.2, 0.25) is 0 Å². The van der Waals surface area contributed by atoms with Crippen molar-refractivity contribution >= 4 is 5.91 Å². The number of carbonyl (C=O) groups is 1. The number of carbonyl (C=O) groups excluding carboxylic acids is 1.